The zero-order chi connectivity index (χ0) is 13.7. The monoisotopic (exact) mass is 255 g/mol. The largest absolute Gasteiger partial charge is 0.481 e. The number of hydrogen-bond donors (Lipinski definition) is 2. The number of rotatable bonds is 5. The number of aliphatic carboxylic acids is 1. The van der Waals surface area contributed by atoms with Gasteiger partial charge in [0.2, 0.25) is 0 Å². The van der Waals surface area contributed by atoms with Gasteiger partial charge in [0.25, 0.3) is 0 Å². The van der Waals surface area contributed by atoms with Crippen LogP contribution in [0.3, 0.4) is 0 Å². The molecule has 0 amide bonds. The van der Waals surface area contributed by atoms with E-state index in [1.54, 1.807) is 0 Å². The van der Waals surface area contributed by atoms with Gasteiger partial charge in [-0.05, 0) is 17.5 Å². The summed E-state index contributed by atoms with van der Waals surface area (Å²) in [5.41, 5.74) is 7.38. The molecule has 0 fully saturated rings. The number of carboxylic acid groups (broad SMARTS) is 1. The van der Waals surface area contributed by atoms with Crippen molar-refractivity contribution in [3.05, 3.63) is 71.8 Å². The van der Waals surface area contributed by atoms with Crippen molar-refractivity contribution in [1.82, 2.24) is 0 Å². The Kier molecular flexibility index (Phi) is 3.97. The molecule has 2 rings (SSSR count). The lowest BCUT2D eigenvalue weighted by Gasteiger charge is -2.28. The number of nitrogens with two attached hydrogens (primary N) is 1. The van der Waals surface area contributed by atoms with Gasteiger partial charge in [-0.3, -0.25) is 4.79 Å². The summed E-state index contributed by atoms with van der Waals surface area (Å²) < 4.78 is 0. The average Bonchev–Trinajstić information content (AvgIpc) is 2.40. The molecule has 1 unspecified atom stereocenters. The fourth-order valence-corrected chi connectivity index (χ4v) is 2.27. The molecule has 3 nitrogen and oxygen atoms in total. The average molecular weight is 255 g/mol. The van der Waals surface area contributed by atoms with Crippen LogP contribution < -0.4 is 5.73 Å². The van der Waals surface area contributed by atoms with E-state index in [1.165, 1.54) is 0 Å². The third kappa shape index (κ3) is 3.42. The molecule has 0 bridgehead atoms. The SMILES string of the molecule is NC(CC(=O)O)(Cc1ccccc1)c1ccccc1. The molecule has 0 aliphatic rings. The van der Waals surface area contributed by atoms with E-state index in [2.05, 4.69) is 0 Å². The van der Waals surface area contributed by atoms with E-state index in [0.717, 1.165) is 11.1 Å². The van der Waals surface area contributed by atoms with E-state index in [-0.39, 0.29) is 6.42 Å². The molecule has 0 saturated heterocycles. The van der Waals surface area contributed by atoms with Gasteiger partial charge >= 0.3 is 5.97 Å². The number of hydrogen-bond acceptors (Lipinski definition) is 2. The number of carbonyl (C=O) groups is 1. The van der Waals surface area contributed by atoms with Crippen LogP contribution in [0, 0.1) is 0 Å². The fourth-order valence-electron chi connectivity index (χ4n) is 2.27. The fraction of sp³-hybridized carbons (Fsp3) is 0.188. The normalized spacial score (nSPS) is 13.7. The Balaban J connectivity index is 2.32. The van der Waals surface area contributed by atoms with Crippen LogP contribution in [-0.2, 0) is 16.8 Å². The summed E-state index contributed by atoms with van der Waals surface area (Å²) in [5, 5.41) is 9.11. The first-order valence-corrected chi connectivity index (χ1v) is 6.20. The molecule has 2 aromatic carbocycles. The molecule has 1 atom stereocenters. The lowest BCUT2D eigenvalue weighted by Crippen LogP contribution is -2.41. The Labute approximate surface area is 112 Å². The van der Waals surface area contributed by atoms with Crippen molar-refractivity contribution in [2.45, 2.75) is 18.4 Å². The van der Waals surface area contributed by atoms with Gasteiger partial charge in [-0.25, -0.2) is 0 Å². The van der Waals surface area contributed by atoms with Crippen molar-refractivity contribution in [1.29, 1.82) is 0 Å². The Hall–Kier alpha value is -2.13. The third-order valence-corrected chi connectivity index (χ3v) is 3.18. The van der Waals surface area contributed by atoms with Gasteiger partial charge in [-0.15, -0.1) is 0 Å². The highest BCUT2D eigenvalue weighted by molar-refractivity contribution is 5.69. The van der Waals surface area contributed by atoms with E-state index in [0.29, 0.717) is 6.42 Å². The van der Waals surface area contributed by atoms with Crippen molar-refractivity contribution in [2.75, 3.05) is 0 Å². The minimum Gasteiger partial charge on any atom is -0.481 e. The van der Waals surface area contributed by atoms with Crippen LogP contribution in [0.1, 0.15) is 17.5 Å². The van der Waals surface area contributed by atoms with Crippen LogP contribution in [-0.4, -0.2) is 11.1 Å². The minimum absolute atomic E-state index is 0.0914. The second kappa shape index (κ2) is 5.67. The molecule has 0 aliphatic carbocycles. The lowest BCUT2D eigenvalue weighted by atomic mass is 9.82. The highest BCUT2D eigenvalue weighted by Crippen LogP contribution is 2.26. The van der Waals surface area contributed by atoms with Gasteiger partial charge in [0.05, 0.1) is 12.0 Å². The maximum Gasteiger partial charge on any atom is 0.305 e. The summed E-state index contributed by atoms with van der Waals surface area (Å²) in [4.78, 5) is 11.1. The summed E-state index contributed by atoms with van der Waals surface area (Å²) in [5.74, 6) is -0.887. The second-order valence-electron chi connectivity index (χ2n) is 4.76. The Bertz CT molecular complexity index is 539. The number of carboxylic acids is 1. The molecule has 0 heterocycles. The van der Waals surface area contributed by atoms with Crippen molar-refractivity contribution in [2.24, 2.45) is 5.73 Å². The summed E-state index contributed by atoms with van der Waals surface area (Å²) in [6, 6.07) is 19.1. The molecule has 3 N–H and O–H groups in total. The summed E-state index contributed by atoms with van der Waals surface area (Å²) >= 11 is 0. The van der Waals surface area contributed by atoms with Crippen LogP contribution >= 0.6 is 0 Å². The molecule has 98 valence electrons. The van der Waals surface area contributed by atoms with Gasteiger partial charge < -0.3 is 10.8 Å². The predicted octanol–water partition coefficient (Wildman–Crippen LogP) is 2.56. The molecular formula is C16H17NO2. The maximum atomic E-state index is 11.1. The van der Waals surface area contributed by atoms with Gasteiger partial charge in [0.1, 0.15) is 0 Å². The van der Waals surface area contributed by atoms with Crippen molar-refractivity contribution < 1.29 is 9.90 Å². The first-order chi connectivity index (χ1) is 9.10. The zero-order valence-corrected chi connectivity index (χ0v) is 10.6. The molecule has 0 spiro atoms. The van der Waals surface area contributed by atoms with Crippen molar-refractivity contribution in [3.8, 4) is 0 Å². The predicted molar refractivity (Wildman–Crippen MR) is 74.7 cm³/mol. The first-order valence-electron chi connectivity index (χ1n) is 6.20. The van der Waals surface area contributed by atoms with E-state index in [1.807, 2.05) is 60.7 Å². The standard InChI is InChI=1S/C16H17NO2/c17-16(12-15(18)19,14-9-5-2-6-10-14)11-13-7-3-1-4-8-13/h1-10H,11-12,17H2,(H,18,19). The topological polar surface area (TPSA) is 63.3 Å². The van der Waals surface area contributed by atoms with Crippen LogP contribution in [0.25, 0.3) is 0 Å². The highest BCUT2D eigenvalue weighted by atomic mass is 16.4. The molecule has 0 saturated carbocycles. The lowest BCUT2D eigenvalue weighted by molar-refractivity contribution is -0.138. The van der Waals surface area contributed by atoms with Crippen LogP contribution in [0.15, 0.2) is 60.7 Å². The van der Waals surface area contributed by atoms with Gasteiger partial charge in [-0.1, -0.05) is 60.7 Å². The van der Waals surface area contributed by atoms with Crippen LogP contribution in [0.4, 0.5) is 0 Å². The van der Waals surface area contributed by atoms with Gasteiger partial charge in [0.15, 0.2) is 0 Å². The summed E-state index contributed by atoms with van der Waals surface area (Å²) in [6.45, 7) is 0. The first kappa shape index (κ1) is 13.3. The minimum atomic E-state index is -0.887. The Morgan fingerprint density at radius 3 is 2.05 bits per heavy atom. The molecule has 19 heavy (non-hydrogen) atoms. The van der Waals surface area contributed by atoms with Crippen molar-refractivity contribution >= 4 is 5.97 Å². The molecule has 0 aromatic heterocycles. The maximum absolute atomic E-state index is 11.1. The van der Waals surface area contributed by atoms with Crippen LogP contribution in [0.5, 0.6) is 0 Å². The molecule has 0 aliphatic heterocycles. The zero-order valence-electron chi connectivity index (χ0n) is 10.6. The smallest absolute Gasteiger partial charge is 0.305 e. The summed E-state index contributed by atoms with van der Waals surface area (Å²) in [6.07, 6.45) is 0.413. The highest BCUT2D eigenvalue weighted by Gasteiger charge is 2.30. The Morgan fingerprint density at radius 2 is 1.53 bits per heavy atom. The van der Waals surface area contributed by atoms with E-state index in [9.17, 15) is 4.79 Å². The molecule has 3 heteroatoms. The van der Waals surface area contributed by atoms with E-state index >= 15 is 0 Å². The second-order valence-corrected chi connectivity index (χ2v) is 4.76. The van der Waals surface area contributed by atoms with Crippen molar-refractivity contribution in [3.63, 3.8) is 0 Å². The van der Waals surface area contributed by atoms with E-state index < -0.39 is 11.5 Å². The molecule has 2 aromatic rings. The van der Waals surface area contributed by atoms with Gasteiger partial charge in [0, 0.05) is 0 Å². The summed E-state index contributed by atoms with van der Waals surface area (Å²) in [7, 11) is 0. The Morgan fingerprint density at radius 1 is 1.00 bits per heavy atom. The van der Waals surface area contributed by atoms with Gasteiger partial charge in [-0.2, -0.15) is 0 Å². The third-order valence-electron chi connectivity index (χ3n) is 3.18. The molecular weight excluding hydrogens is 238 g/mol. The number of benzene rings is 2. The quantitative estimate of drug-likeness (QED) is 0.863. The molecule has 0 radical (unpaired) electrons. The van der Waals surface area contributed by atoms with Crippen LogP contribution in [0.2, 0.25) is 0 Å². The van der Waals surface area contributed by atoms with E-state index in [4.69, 9.17) is 10.8 Å².